The summed E-state index contributed by atoms with van der Waals surface area (Å²) >= 11 is 0. The maximum atomic E-state index is 9.87. The fraction of sp³-hybridized carbons (Fsp3) is 1.00. The van der Waals surface area contributed by atoms with Crippen LogP contribution in [0.15, 0.2) is 0 Å². The van der Waals surface area contributed by atoms with Crippen molar-refractivity contribution in [3.05, 3.63) is 0 Å². The Bertz CT molecular complexity index is 239. The zero-order chi connectivity index (χ0) is 16.0. The van der Waals surface area contributed by atoms with E-state index in [-0.39, 0.29) is 8.07 Å². The van der Waals surface area contributed by atoms with Gasteiger partial charge >= 0.3 is 33.0 Å². The molecule has 0 aromatic heterocycles. The Morgan fingerprint density at radius 2 is 1.37 bits per heavy atom. The minimum absolute atomic E-state index is 0.220. The maximum absolute atomic E-state index is 10.7. The number of hydrogen-bond donors (Lipinski definition) is 0. The molecule has 0 N–H and O–H groups in total. The molecule has 0 radical (unpaired) electrons. The molecular weight excluding hydrogens is 310 g/mol. The average Bonchev–Trinajstić information content (AvgIpc) is 2.10. The SMILES string of the molecule is CCCCC(C)N(CC)[PH+](C)C.F[P-](F)(F)(F)(F)F. The van der Waals surface area contributed by atoms with Crippen LogP contribution in [0, 0.1) is 0 Å². The third-order valence-electron chi connectivity index (χ3n) is 2.42. The van der Waals surface area contributed by atoms with Gasteiger partial charge in [-0.25, -0.2) is 0 Å². The Morgan fingerprint density at radius 3 is 1.58 bits per heavy atom. The third kappa shape index (κ3) is 23.9. The average molecular weight is 335 g/mol. The molecule has 0 aliphatic carbocycles. The molecule has 0 saturated heterocycles. The molecule has 0 rings (SSSR count). The summed E-state index contributed by atoms with van der Waals surface area (Å²) in [4.78, 5) is 0. The molecular formula is C10H25F6NP2. The monoisotopic (exact) mass is 335 g/mol. The van der Waals surface area contributed by atoms with Crippen LogP contribution in [0.1, 0.15) is 40.0 Å². The summed E-state index contributed by atoms with van der Waals surface area (Å²) in [7, 11) is -10.9. The van der Waals surface area contributed by atoms with Crippen LogP contribution in [0.4, 0.5) is 25.2 Å². The standard InChI is InChI=1S/C10H24NP.F6P/c1-6-8-9-10(3)11(7-2)12(4)5;1-7(2,3,4,5)6/h10H,6-9H2,1-5H3;/q;-1/p+1. The third-order valence-corrected chi connectivity index (χ3v) is 4.33. The Balaban J connectivity index is 0. The van der Waals surface area contributed by atoms with E-state index in [1.165, 1.54) is 25.8 Å². The molecule has 0 fully saturated rings. The van der Waals surface area contributed by atoms with E-state index in [0.29, 0.717) is 0 Å². The molecule has 0 saturated carbocycles. The second-order valence-electron chi connectivity index (χ2n) is 4.68. The first-order chi connectivity index (χ1) is 8.08. The Kier molecular flexibility index (Phi) is 7.89. The van der Waals surface area contributed by atoms with Crippen molar-refractivity contribution in [3.63, 3.8) is 0 Å². The van der Waals surface area contributed by atoms with Crippen molar-refractivity contribution in [2.45, 2.75) is 46.1 Å². The van der Waals surface area contributed by atoms with E-state index in [1.54, 1.807) is 0 Å². The second-order valence-corrected chi connectivity index (χ2v) is 9.07. The first kappa shape index (κ1) is 21.7. The van der Waals surface area contributed by atoms with Gasteiger partial charge in [0.15, 0.2) is 0 Å². The van der Waals surface area contributed by atoms with E-state index in [0.717, 1.165) is 6.04 Å². The van der Waals surface area contributed by atoms with E-state index >= 15 is 0 Å². The Labute approximate surface area is 112 Å². The summed E-state index contributed by atoms with van der Waals surface area (Å²) in [5.74, 6) is 0. The van der Waals surface area contributed by atoms with Crippen molar-refractivity contribution in [1.82, 2.24) is 4.67 Å². The second kappa shape index (κ2) is 6.91. The molecule has 1 unspecified atom stereocenters. The minimum atomic E-state index is -10.7. The van der Waals surface area contributed by atoms with Crippen LogP contribution in [0.25, 0.3) is 0 Å². The fourth-order valence-corrected chi connectivity index (χ4v) is 3.37. The molecule has 0 amide bonds. The summed E-state index contributed by atoms with van der Waals surface area (Å²) in [6.45, 7) is 12.9. The zero-order valence-corrected chi connectivity index (χ0v) is 14.0. The summed E-state index contributed by atoms with van der Waals surface area (Å²) in [5, 5.41) is 0. The van der Waals surface area contributed by atoms with Gasteiger partial charge in [0.05, 0.1) is 21.4 Å². The molecule has 0 aliphatic heterocycles. The van der Waals surface area contributed by atoms with Crippen LogP contribution in [-0.2, 0) is 0 Å². The summed E-state index contributed by atoms with van der Waals surface area (Å²) < 4.78 is 61.9. The molecule has 0 heterocycles. The van der Waals surface area contributed by atoms with Gasteiger partial charge in [-0.3, -0.25) is 0 Å². The Morgan fingerprint density at radius 1 is 1.00 bits per heavy atom. The zero-order valence-electron chi connectivity index (χ0n) is 12.1. The van der Waals surface area contributed by atoms with Gasteiger partial charge in [0, 0.05) is 12.6 Å². The first-order valence-electron chi connectivity index (χ1n) is 6.21. The van der Waals surface area contributed by atoms with Gasteiger partial charge in [-0.2, -0.15) is 4.67 Å². The van der Waals surface area contributed by atoms with Crippen molar-refractivity contribution >= 4 is 15.9 Å². The quantitative estimate of drug-likeness (QED) is 0.387. The molecule has 1 nitrogen and oxygen atoms in total. The fourth-order valence-electron chi connectivity index (χ4n) is 1.72. The molecule has 19 heavy (non-hydrogen) atoms. The predicted octanol–water partition coefficient (Wildman–Crippen LogP) is 6.66. The number of hydrogen-bond acceptors (Lipinski definition) is 1. The molecule has 122 valence electrons. The van der Waals surface area contributed by atoms with E-state index in [1.807, 2.05) is 0 Å². The van der Waals surface area contributed by atoms with Crippen molar-refractivity contribution < 1.29 is 25.2 Å². The number of rotatable bonds is 6. The Hall–Kier alpha value is 0.400. The van der Waals surface area contributed by atoms with Crippen LogP contribution in [-0.4, -0.2) is 30.6 Å². The van der Waals surface area contributed by atoms with Crippen molar-refractivity contribution in [2.24, 2.45) is 0 Å². The molecule has 1 atom stereocenters. The summed E-state index contributed by atoms with van der Waals surface area (Å²) in [6.07, 6.45) is 4.09. The van der Waals surface area contributed by atoms with Gasteiger partial charge in [0.2, 0.25) is 0 Å². The van der Waals surface area contributed by atoms with Gasteiger partial charge in [0.25, 0.3) is 0 Å². The summed E-state index contributed by atoms with van der Waals surface area (Å²) in [5.41, 5.74) is 0. The van der Waals surface area contributed by atoms with Gasteiger partial charge in [-0.1, -0.05) is 19.8 Å². The number of unbranched alkanes of at least 4 members (excludes halogenated alkanes) is 1. The topological polar surface area (TPSA) is 3.24 Å². The van der Waals surface area contributed by atoms with Crippen molar-refractivity contribution in [2.75, 3.05) is 19.9 Å². The van der Waals surface area contributed by atoms with E-state index in [9.17, 15) is 25.2 Å². The van der Waals surface area contributed by atoms with Crippen LogP contribution in [0.2, 0.25) is 0 Å². The molecule has 0 spiro atoms. The van der Waals surface area contributed by atoms with E-state index < -0.39 is 7.81 Å². The van der Waals surface area contributed by atoms with Crippen LogP contribution in [0.5, 0.6) is 0 Å². The van der Waals surface area contributed by atoms with Crippen LogP contribution < -0.4 is 0 Å². The predicted molar refractivity (Wildman–Crippen MR) is 75.1 cm³/mol. The molecule has 0 aliphatic rings. The van der Waals surface area contributed by atoms with E-state index in [4.69, 9.17) is 0 Å². The van der Waals surface area contributed by atoms with Crippen LogP contribution in [0.3, 0.4) is 0 Å². The first-order valence-corrected chi connectivity index (χ1v) is 10.7. The number of nitrogens with zero attached hydrogens (tertiary/aromatic N) is 1. The normalized spacial score (nSPS) is 17.5. The van der Waals surface area contributed by atoms with Crippen LogP contribution >= 0.6 is 15.9 Å². The molecule has 9 heteroatoms. The summed E-state index contributed by atoms with van der Waals surface area (Å²) in [6, 6.07) is 0.804. The molecule has 0 aromatic carbocycles. The van der Waals surface area contributed by atoms with Crippen molar-refractivity contribution in [1.29, 1.82) is 0 Å². The number of halogens is 6. The van der Waals surface area contributed by atoms with Gasteiger partial charge < -0.3 is 0 Å². The van der Waals surface area contributed by atoms with Gasteiger partial charge in [-0.15, -0.1) is 0 Å². The van der Waals surface area contributed by atoms with Crippen molar-refractivity contribution in [3.8, 4) is 0 Å². The van der Waals surface area contributed by atoms with Gasteiger partial charge in [0.1, 0.15) is 0 Å². The van der Waals surface area contributed by atoms with E-state index in [2.05, 4.69) is 38.8 Å². The molecule has 0 aromatic rings. The molecule has 0 bridgehead atoms. The van der Waals surface area contributed by atoms with Gasteiger partial charge in [-0.05, 0) is 20.3 Å².